The predicted octanol–water partition coefficient (Wildman–Crippen LogP) is 2.64. The summed E-state index contributed by atoms with van der Waals surface area (Å²) in [6.45, 7) is 1.92. The zero-order valence-electron chi connectivity index (χ0n) is 10.5. The van der Waals surface area contributed by atoms with Gasteiger partial charge in [-0.1, -0.05) is 42.6 Å². The molecular formula is C14H19ClN2O. The molecule has 3 N–H and O–H groups in total. The third-order valence-corrected chi connectivity index (χ3v) is 3.70. The Kier molecular flexibility index (Phi) is 4.25. The van der Waals surface area contributed by atoms with Crippen molar-refractivity contribution in [2.24, 2.45) is 11.7 Å². The number of carbonyl (C=O) groups is 1. The van der Waals surface area contributed by atoms with Crippen LogP contribution < -0.4 is 11.1 Å². The number of hydrogen-bond acceptors (Lipinski definition) is 2. The van der Waals surface area contributed by atoms with Crippen molar-refractivity contribution in [1.29, 1.82) is 0 Å². The maximum absolute atomic E-state index is 11.9. The van der Waals surface area contributed by atoms with Gasteiger partial charge in [-0.3, -0.25) is 4.79 Å². The van der Waals surface area contributed by atoms with Gasteiger partial charge in [0.1, 0.15) is 0 Å². The zero-order valence-corrected chi connectivity index (χ0v) is 11.3. The van der Waals surface area contributed by atoms with Crippen LogP contribution in [0.5, 0.6) is 0 Å². The normalized spacial score (nSPS) is 18.2. The second kappa shape index (κ2) is 5.72. The Bertz CT molecular complexity index is 432. The van der Waals surface area contributed by atoms with Crippen LogP contribution >= 0.6 is 11.6 Å². The Morgan fingerprint density at radius 2 is 2.17 bits per heavy atom. The Hall–Kier alpha value is -1.06. The number of amides is 1. The van der Waals surface area contributed by atoms with Crippen molar-refractivity contribution in [3.63, 3.8) is 0 Å². The van der Waals surface area contributed by atoms with Crippen molar-refractivity contribution in [3.05, 3.63) is 34.9 Å². The van der Waals surface area contributed by atoms with E-state index in [1.54, 1.807) is 0 Å². The van der Waals surface area contributed by atoms with E-state index in [2.05, 4.69) is 5.32 Å². The lowest BCUT2D eigenvalue weighted by atomic mass is 10.1. The molecule has 0 aromatic heterocycles. The molecule has 1 aliphatic rings. The van der Waals surface area contributed by atoms with Crippen LogP contribution in [-0.2, 0) is 4.79 Å². The van der Waals surface area contributed by atoms with E-state index < -0.39 is 6.04 Å². The summed E-state index contributed by atoms with van der Waals surface area (Å²) in [6, 6.07) is 7.01. The molecule has 0 aliphatic heterocycles. The highest BCUT2D eigenvalue weighted by Gasteiger charge is 2.27. The van der Waals surface area contributed by atoms with Crippen LogP contribution in [0.15, 0.2) is 24.3 Å². The first kappa shape index (κ1) is 13.4. The van der Waals surface area contributed by atoms with Crippen molar-refractivity contribution in [3.8, 4) is 0 Å². The molecule has 18 heavy (non-hydrogen) atoms. The SMILES string of the molecule is C[C@H](NC(=O)C(N)CC1CC1)c1ccccc1Cl. The van der Waals surface area contributed by atoms with Gasteiger partial charge in [-0.15, -0.1) is 0 Å². The zero-order chi connectivity index (χ0) is 13.1. The first-order valence-electron chi connectivity index (χ1n) is 6.38. The fourth-order valence-corrected chi connectivity index (χ4v) is 2.34. The van der Waals surface area contributed by atoms with Crippen molar-refractivity contribution in [2.75, 3.05) is 0 Å². The molecule has 1 amide bonds. The summed E-state index contributed by atoms with van der Waals surface area (Å²) in [5.74, 6) is 0.565. The van der Waals surface area contributed by atoms with Crippen LogP contribution in [0.1, 0.15) is 37.8 Å². The largest absolute Gasteiger partial charge is 0.348 e. The van der Waals surface area contributed by atoms with Gasteiger partial charge in [0.05, 0.1) is 12.1 Å². The maximum Gasteiger partial charge on any atom is 0.237 e. The van der Waals surface area contributed by atoms with E-state index >= 15 is 0 Å². The van der Waals surface area contributed by atoms with E-state index in [0.29, 0.717) is 10.9 Å². The number of rotatable bonds is 5. The minimum Gasteiger partial charge on any atom is -0.348 e. The van der Waals surface area contributed by atoms with Crippen molar-refractivity contribution >= 4 is 17.5 Å². The number of nitrogens with two attached hydrogens (primary N) is 1. The van der Waals surface area contributed by atoms with Gasteiger partial charge in [-0.05, 0) is 30.9 Å². The topological polar surface area (TPSA) is 55.1 Å². The summed E-state index contributed by atoms with van der Waals surface area (Å²) < 4.78 is 0. The van der Waals surface area contributed by atoms with E-state index in [1.807, 2.05) is 31.2 Å². The number of benzene rings is 1. The molecule has 1 saturated carbocycles. The number of nitrogens with one attached hydrogen (secondary N) is 1. The lowest BCUT2D eigenvalue weighted by molar-refractivity contribution is -0.123. The van der Waals surface area contributed by atoms with E-state index in [4.69, 9.17) is 17.3 Å². The van der Waals surface area contributed by atoms with Gasteiger partial charge in [-0.25, -0.2) is 0 Å². The second-order valence-electron chi connectivity index (χ2n) is 5.04. The van der Waals surface area contributed by atoms with Crippen molar-refractivity contribution in [2.45, 2.75) is 38.3 Å². The molecule has 0 heterocycles. The first-order valence-corrected chi connectivity index (χ1v) is 6.76. The lowest BCUT2D eigenvalue weighted by Gasteiger charge is -2.18. The van der Waals surface area contributed by atoms with Gasteiger partial charge < -0.3 is 11.1 Å². The van der Waals surface area contributed by atoms with Crippen LogP contribution in [-0.4, -0.2) is 11.9 Å². The molecule has 98 valence electrons. The Balaban J connectivity index is 1.91. The molecule has 0 saturated heterocycles. The summed E-state index contributed by atoms with van der Waals surface area (Å²) >= 11 is 6.09. The Morgan fingerprint density at radius 1 is 1.50 bits per heavy atom. The minimum atomic E-state index is -0.401. The molecule has 3 nitrogen and oxygen atoms in total. The van der Waals surface area contributed by atoms with Gasteiger partial charge in [0.15, 0.2) is 0 Å². The van der Waals surface area contributed by atoms with Crippen LogP contribution in [0.4, 0.5) is 0 Å². The number of hydrogen-bond donors (Lipinski definition) is 2. The number of carbonyl (C=O) groups excluding carboxylic acids is 1. The van der Waals surface area contributed by atoms with Gasteiger partial charge in [0.25, 0.3) is 0 Å². The Morgan fingerprint density at radius 3 is 2.78 bits per heavy atom. The van der Waals surface area contributed by atoms with Crippen molar-refractivity contribution in [1.82, 2.24) is 5.32 Å². The summed E-state index contributed by atoms with van der Waals surface area (Å²) in [7, 11) is 0. The summed E-state index contributed by atoms with van der Waals surface area (Å²) in [4.78, 5) is 11.9. The van der Waals surface area contributed by atoms with Gasteiger partial charge >= 0.3 is 0 Å². The van der Waals surface area contributed by atoms with E-state index in [0.717, 1.165) is 12.0 Å². The number of halogens is 1. The fraction of sp³-hybridized carbons (Fsp3) is 0.500. The molecule has 0 radical (unpaired) electrons. The molecule has 4 heteroatoms. The minimum absolute atomic E-state index is 0.0886. The highest BCUT2D eigenvalue weighted by atomic mass is 35.5. The lowest BCUT2D eigenvalue weighted by Crippen LogP contribution is -2.41. The van der Waals surface area contributed by atoms with Gasteiger partial charge in [0, 0.05) is 5.02 Å². The molecule has 1 aromatic carbocycles. The predicted molar refractivity (Wildman–Crippen MR) is 73.3 cm³/mol. The first-order chi connectivity index (χ1) is 8.58. The molecule has 1 aromatic rings. The molecule has 1 unspecified atom stereocenters. The molecule has 0 bridgehead atoms. The summed E-state index contributed by atoms with van der Waals surface area (Å²) in [6.07, 6.45) is 3.21. The molecule has 2 atom stereocenters. The third kappa shape index (κ3) is 3.47. The molecule has 2 rings (SSSR count). The summed E-state index contributed by atoms with van der Waals surface area (Å²) in [5, 5.41) is 3.59. The van der Waals surface area contributed by atoms with Crippen molar-refractivity contribution < 1.29 is 4.79 Å². The second-order valence-corrected chi connectivity index (χ2v) is 5.44. The van der Waals surface area contributed by atoms with Crippen LogP contribution in [0.25, 0.3) is 0 Å². The van der Waals surface area contributed by atoms with E-state index in [1.165, 1.54) is 12.8 Å². The Labute approximate surface area is 113 Å². The third-order valence-electron chi connectivity index (χ3n) is 3.35. The van der Waals surface area contributed by atoms with E-state index in [-0.39, 0.29) is 11.9 Å². The smallest absolute Gasteiger partial charge is 0.237 e. The molecule has 1 aliphatic carbocycles. The highest BCUT2D eigenvalue weighted by Crippen LogP contribution is 2.33. The standard InChI is InChI=1S/C14H19ClN2O/c1-9(11-4-2-3-5-12(11)15)17-14(18)13(16)8-10-6-7-10/h2-5,9-10,13H,6-8,16H2,1H3,(H,17,18)/t9-,13?/m0/s1. The van der Waals surface area contributed by atoms with Gasteiger partial charge in [0.2, 0.25) is 5.91 Å². The monoisotopic (exact) mass is 266 g/mol. The maximum atomic E-state index is 11.9. The van der Waals surface area contributed by atoms with Crippen LogP contribution in [0.2, 0.25) is 5.02 Å². The quantitative estimate of drug-likeness (QED) is 0.861. The average molecular weight is 267 g/mol. The average Bonchev–Trinajstić information content (AvgIpc) is 3.13. The highest BCUT2D eigenvalue weighted by molar-refractivity contribution is 6.31. The molecule has 0 spiro atoms. The van der Waals surface area contributed by atoms with E-state index in [9.17, 15) is 4.79 Å². The van der Waals surface area contributed by atoms with Crippen LogP contribution in [0, 0.1) is 5.92 Å². The molecular weight excluding hydrogens is 248 g/mol. The summed E-state index contributed by atoms with van der Waals surface area (Å²) in [5.41, 5.74) is 6.80. The van der Waals surface area contributed by atoms with Crippen LogP contribution in [0.3, 0.4) is 0 Å². The molecule has 1 fully saturated rings. The fourth-order valence-electron chi connectivity index (χ4n) is 2.04. The van der Waals surface area contributed by atoms with Gasteiger partial charge in [-0.2, -0.15) is 0 Å².